The predicted octanol–water partition coefficient (Wildman–Crippen LogP) is 12.2. The number of rotatable bonds is 12. The summed E-state index contributed by atoms with van der Waals surface area (Å²) in [5, 5.41) is 32.0. The highest BCUT2D eigenvalue weighted by molar-refractivity contribution is 5.71. The highest BCUT2D eigenvalue weighted by Crippen LogP contribution is 2.56. The fourth-order valence-corrected chi connectivity index (χ4v) is 10.3. The van der Waals surface area contributed by atoms with Gasteiger partial charge in [-0.3, -0.25) is 9.59 Å². The molecule has 6 fully saturated rings. The van der Waals surface area contributed by atoms with Gasteiger partial charge in [-0.05, 0) is 109 Å². The average molecular weight is 937 g/mol. The van der Waals surface area contributed by atoms with Crippen molar-refractivity contribution < 1.29 is 37.7 Å². The summed E-state index contributed by atoms with van der Waals surface area (Å²) in [5.41, 5.74) is 7.58. The molecule has 14 heteroatoms. The van der Waals surface area contributed by atoms with Crippen molar-refractivity contribution in [3.63, 3.8) is 0 Å². The quantitative estimate of drug-likeness (QED) is 0.0985. The molecule has 0 spiro atoms. The molecule has 0 atom stereocenters. The molecule has 4 aromatic carbocycles. The molecule has 12 rings (SSSR count). The van der Waals surface area contributed by atoms with Crippen molar-refractivity contribution in [2.24, 2.45) is 10.8 Å². The average Bonchev–Trinajstić information content (AvgIpc) is 4.04. The van der Waals surface area contributed by atoms with Gasteiger partial charge in [-0.1, -0.05) is 125 Å². The maximum atomic E-state index is 11.8. The summed E-state index contributed by atoms with van der Waals surface area (Å²) in [4.78, 5) is 23.1. The number of ether oxygens (including phenoxy) is 3. The topological polar surface area (TPSA) is 184 Å². The number of benzene rings is 4. The van der Waals surface area contributed by atoms with Crippen LogP contribution < -0.4 is 10.6 Å². The van der Waals surface area contributed by atoms with E-state index < -0.39 is 5.97 Å². The Bertz CT molecular complexity index is 2700. The van der Waals surface area contributed by atoms with Crippen LogP contribution in [0, 0.1) is 10.8 Å². The number of aliphatic carboxylic acids is 1. The number of hydrogen-bond acceptors (Lipinski definition) is 13. The number of nitrogens with zero attached hydrogens (tertiary/aromatic N) is 4. The highest BCUT2D eigenvalue weighted by Gasteiger charge is 2.52. The second kappa shape index (κ2) is 18.5. The molecular weight excluding hydrogens is 873 g/mol. The molecule has 6 aliphatic rings. The van der Waals surface area contributed by atoms with Crippen LogP contribution in [0.25, 0.3) is 22.3 Å². The highest BCUT2D eigenvalue weighted by atomic mass is 16.5. The molecule has 4 saturated heterocycles. The third-order valence-electron chi connectivity index (χ3n) is 14.7. The lowest BCUT2D eigenvalue weighted by molar-refractivity contribution is -0.196. The minimum atomic E-state index is -0.727. The monoisotopic (exact) mass is 936 g/mol. The van der Waals surface area contributed by atoms with Gasteiger partial charge in [-0.15, -0.1) is 10.2 Å². The van der Waals surface area contributed by atoms with E-state index in [4.69, 9.17) is 23.0 Å². The number of carbonyl (C=O) groups excluding carboxylic acids is 1. The number of hydrogen-bond donors (Lipinski definition) is 3. The number of carbonyl (C=O) groups is 2. The summed E-state index contributed by atoms with van der Waals surface area (Å²) < 4.78 is 29.0. The van der Waals surface area contributed by atoms with E-state index >= 15 is 0 Å². The Kier molecular flexibility index (Phi) is 12.8. The number of nitrogens with one attached hydrogen (secondary N) is 2. The first-order chi connectivity index (χ1) is 32.9. The molecule has 6 aromatic rings. The van der Waals surface area contributed by atoms with Crippen molar-refractivity contribution in [2.75, 3.05) is 31.0 Å². The number of carboxylic acids is 1. The lowest BCUT2D eigenvalue weighted by atomic mass is 9.63. The molecule has 14 nitrogen and oxygen atoms in total. The second-order valence-corrected chi connectivity index (χ2v) is 21.8. The molecule has 0 amide bonds. The third-order valence-corrected chi connectivity index (χ3v) is 14.7. The number of carboxylic acid groups (broad SMARTS) is 1. The van der Waals surface area contributed by atoms with Crippen LogP contribution in [0.4, 0.5) is 23.4 Å². The zero-order chi connectivity index (χ0) is 48.7. The third kappa shape index (κ3) is 10.3. The van der Waals surface area contributed by atoms with E-state index in [1.54, 1.807) is 0 Å². The smallest absolute Gasteiger partial charge is 0.320 e. The Labute approximate surface area is 404 Å². The molecule has 6 heterocycles. The molecule has 4 aliphatic heterocycles. The van der Waals surface area contributed by atoms with Crippen LogP contribution in [0.3, 0.4) is 0 Å². The Morgan fingerprint density at radius 1 is 0.536 bits per heavy atom. The summed E-state index contributed by atoms with van der Waals surface area (Å²) in [7, 11) is 1.46. The minimum absolute atomic E-state index is 0.0555. The van der Waals surface area contributed by atoms with Gasteiger partial charge in [0.15, 0.2) is 0 Å². The van der Waals surface area contributed by atoms with Gasteiger partial charge in [-0.2, -0.15) is 0 Å². The van der Waals surface area contributed by atoms with Gasteiger partial charge in [-0.25, -0.2) is 0 Å². The van der Waals surface area contributed by atoms with Crippen LogP contribution in [0.2, 0.25) is 0 Å². The number of aromatic nitrogens is 4. The Hall–Kier alpha value is -6.38. The summed E-state index contributed by atoms with van der Waals surface area (Å²) >= 11 is 0. The van der Waals surface area contributed by atoms with Crippen molar-refractivity contribution in [1.29, 1.82) is 0 Å². The van der Waals surface area contributed by atoms with Crippen LogP contribution in [0.15, 0.2) is 106 Å². The molecule has 4 bridgehead atoms. The van der Waals surface area contributed by atoms with E-state index in [1.807, 2.05) is 65.8 Å². The van der Waals surface area contributed by atoms with Gasteiger partial charge in [0.1, 0.15) is 0 Å². The first-order valence-corrected chi connectivity index (χ1v) is 24.1. The molecule has 2 aliphatic carbocycles. The fraction of sp³-hybridized carbons (Fsp3) is 0.455. The maximum absolute atomic E-state index is 11.8. The first kappa shape index (κ1) is 47.7. The van der Waals surface area contributed by atoms with Crippen molar-refractivity contribution >= 4 is 35.3 Å². The van der Waals surface area contributed by atoms with E-state index in [2.05, 4.69) is 104 Å². The number of methoxy groups -OCH3 is 1. The van der Waals surface area contributed by atoms with Gasteiger partial charge in [0.05, 0.1) is 44.4 Å². The Morgan fingerprint density at radius 2 is 0.884 bits per heavy atom. The molecule has 69 heavy (non-hydrogen) atoms. The lowest BCUT2D eigenvalue weighted by Gasteiger charge is -2.53. The van der Waals surface area contributed by atoms with Crippen molar-refractivity contribution in [2.45, 2.75) is 128 Å². The predicted molar refractivity (Wildman–Crippen MR) is 262 cm³/mol. The SMILES string of the molecule is CC(C)(C)c1nnc(Nc2ccc(-c3ccc(C45CCC(CC(=O)O)(CC4)CO5)cc3)cc2)o1.COC(=O)CC12CCC(c3ccc(-c4ccc(Nc5nnc(C(C)(C)C)o5)cc4)cc3)(CC1)OC2. The van der Waals surface area contributed by atoms with Crippen LogP contribution >= 0.6 is 0 Å². The van der Waals surface area contributed by atoms with Crippen LogP contribution in [0.5, 0.6) is 0 Å². The molecule has 3 N–H and O–H groups in total. The second-order valence-electron chi connectivity index (χ2n) is 21.8. The number of esters is 1. The summed E-state index contributed by atoms with van der Waals surface area (Å²) in [5.74, 6) is 0.333. The van der Waals surface area contributed by atoms with Crippen LogP contribution in [-0.4, -0.2) is 57.8 Å². The Morgan fingerprint density at radius 3 is 1.17 bits per heavy atom. The van der Waals surface area contributed by atoms with Gasteiger partial charge in [0.2, 0.25) is 11.8 Å². The van der Waals surface area contributed by atoms with Gasteiger partial charge < -0.3 is 38.8 Å². The molecular formula is C55H64N6O8. The summed E-state index contributed by atoms with van der Waals surface area (Å²) in [6.07, 6.45) is 8.11. The fourth-order valence-electron chi connectivity index (χ4n) is 10.3. The first-order valence-electron chi connectivity index (χ1n) is 24.1. The Balaban J connectivity index is 0.000000172. The van der Waals surface area contributed by atoms with Gasteiger partial charge >= 0.3 is 24.0 Å². The molecule has 362 valence electrons. The summed E-state index contributed by atoms with van der Waals surface area (Å²) in [6, 6.07) is 34.4. The zero-order valence-electron chi connectivity index (χ0n) is 40.8. The normalized spacial score (nSPS) is 24.0. The largest absolute Gasteiger partial charge is 0.481 e. The molecule has 0 radical (unpaired) electrons. The molecule has 0 unspecified atom stereocenters. The standard InChI is InChI=1S/C28H33N3O4.C27H31N3O4/c1-26(2,3)24-30-31-25(35-24)29-22-11-7-20(8-12-22)19-5-9-21(10-6-19)28-15-13-27(14-16-28,18-34-28)17-23(32)33-4;1-25(2,3)23-29-30-24(34-23)28-21-10-6-19(7-11-21)18-4-8-20(9-5-18)27-14-12-26(13-15-27,17-33-27)16-22(31)32/h5-12H,13-18H2,1-4H3,(H,29,31);4-11H,12-17H2,1-3H3,(H,28,30)(H,31,32). The van der Waals surface area contributed by atoms with Crippen LogP contribution in [0.1, 0.15) is 129 Å². The van der Waals surface area contributed by atoms with Gasteiger partial charge in [0.25, 0.3) is 0 Å². The minimum Gasteiger partial charge on any atom is -0.481 e. The molecule has 2 aromatic heterocycles. The van der Waals surface area contributed by atoms with Gasteiger partial charge in [0, 0.05) is 33.0 Å². The van der Waals surface area contributed by atoms with E-state index in [9.17, 15) is 14.7 Å². The molecule has 2 saturated carbocycles. The number of anilines is 4. The van der Waals surface area contributed by atoms with Crippen molar-refractivity contribution in [3.8, 4) is 22.3 Å². The van der Waals surface area contributed by atoms with E-state index in [0.29, 0.717) is 43.4 Å². The van der Waals surface area contributed by atoms with E-state index in [1.165, 1.54) is 18.2 Å². The van der Waals surface area contributed by atoms with E-state index in [0.717, 1.165) is 85.0 Å². The van der Waals surface area contributed by atoms with Crippen molar-refractivity contribution in [1.82, 2.24) is 20.4 Å². The zero-order valence-corrected chi connectivity index (χ0v) is 40.8. The van der Waals surface area contributed by atoms with Crippen molar-refractivity contribution in [3.05, 3.63) is 120 Å². The van der Waals surface area contributed by atoms with E-state index in [-0.39, 0.29) is 45.3 Å². The summed E-state index contributed by atoms with van der Waals surface area (Å²) in [6.45, 7) is 13.4. The lowest BCUT2D eigenvalue weighted by Crippen LogP contribution is -2.50. The van der Waals surface area contributed by atoms with Crippen LogP contribution in [-0.2, 0) is 45.8 Å². The maximum Gasteiger partial charge on any atom is 0.320 e. The number of fused-ring (bicyclic) bond motifs is 6.